The minimum atomic E-state index is 0.876. The van der Waals surface area contributed by atoms with Crippen molar-refractivity contribution >= 4 is 93.0 Å². The fraction of sp³-hybridized carbons (Fsp3) is 0.0488. The molecule has 0 unspecified atom stereocenters. The largest absolute Gasteiger partial charge is 0.456 e. The summed E-state index contributed by atoms with van der Waals surface area (Å²) >= 11 is 1.74. The molecule has 0 spiro atoms. The van der Waals surface area contributed by atoms with Gasteiger partial charge in [0.2, 0.25) is 0 Å². The fourth-order valence-corrected chi connectivity index (χ4v) is 8.87. The van der Waals surface area contributed by atoms with E-state index in [4.69, 9.17) is 9.40 Å². The average Bonchev–Trinajstić information content (AvgIpc) is 3.86. The first-order valence-corrected chi connectivity index (χ1v) is 16.6. The molecule has 0 saturated carbocycles. The van der Waals surface area contributed by atoms with E-state index in [1.54, 1.807) is 11.3 Å². The summed E-state index contributed by atoms with van der Waals surface area (Å²) in [5.41, 5.74) is 10.3. The van der Waals surface area contributed by atoms with Crippen molar-refractivity contribution in [3.8, 4) is 10.8 Å². The molecule has 216 valence electrons. The maximum Gasteiger partial charge on any atom is 0.195 e. The van der Waals surface area contributed by atoms with Crippen LogP contribution in [-0.4, -0.2) is 14.1 Å². The van der Waals surface area contributed by atoms with Crippen molar-refractivity contribution < 1.29 is 4.42 Å². The van der Waals surface area contributed by atoms with Crippen LogP contribution in [0.15, 0.2) is 126 Å². The molecule has 0 atom stereocenters. The van der Waals surface area contributed by atoms with Crippen molar-refractivity contribution in [3.05, 3.63) is 133 Å². The molecule has 11 rings (SSSR count). The number of nitrogens with zero attached hydrogens (tertiary/aromatic N) is 3. The Bertz CT molecular complexity index is 2930. The van der Waals surface area contributed by atoms with E-state index in [-0.39, 0.29) is 0 Å². The standard InChI is InChI=1S/C41H25N3OS/c1-2-10-26-24(9-1)17-20-33-38(26)29-12-4-7-15-32(29)43(33)25-18-19-28-27-11-3-6-14-31(27)44(34(28)23-25)41-42-40-37(46-41)22-21-36-39(40)30-13-5-8-16-35(30)45-36/h1-6,8-14,16-23H,7,15H2. The Labute approximate surface area is 267 Å². The fourth-order valence-electron chi connectivity index (χ4n) is 7.87. The van der Waals surface area contributed by atoms with Gasteiger partial charge in [0.25, 0.3) is 0 Å². The van der Waals surface area contributed by atoms with Crippen LogP contribution in [0.1, 0.15) is 17.7 Å². The molecule has 0 amide bonds. The molecule has 10 aromatic rings. The van der Waals surface area contributed by atoms with E-state index in [0.717, 1.165) is 61.2 Å². The summed E-state index contributed by atoms with van der Waals surface area (Å²) in [6.45, 7) is 0. The average molecular weight is 608 g/mol. The van der Waals surface area contributed by atoms with E-state index in [1.807, 2.05) is 12.1 Å². The van der Waals surface area contributed by atoms with E-state index < -0.39 is 0 Å². The van der Waals surface area contributed by atoms with E-state index >= 15 is 0 Å². The molecule has 0 fully saturated rings. The molecular weight excluding hydrogens is 583 g/mol. The number of aromatic nitrogens is 3. The number of thiazole rings is 1. The topological polar surface area (TPSA) is 35.9 Å². The highest BCUT2D eigenvalue weighted by atomic mass is 32.1. The normalized spacial score (nSPS) is 13.4. The van der Waals surface area contributed by atoms with Gasteiger partial charge in [-0.15, -0.1) is 0 Å². The van der Waals surface area contributed by atoms with Crippen molar-refractivity contribution in [2.45, 2.75) is 12.8 Å². The van der Waals surface area contributed by atoms with Crippen LogP contribution in [0.25, 0.3) is 92.5 Å². The molecule has 0 aliphatic heterocycles. The van der Waals surface area contributed by atoms with Crippen LogP contribution in [0.3, 0.4) is 0 Å². The Morgan fingerprint density at radius 2 is 1.46 bits per heavy atom. The number of benzene rings is 6. The summed E-state index contributed by atoms with van der Waals surface area (Å²) in [5, 5.41) is 9.54. The molecule has 0 N–H and O–H groups in total. The van der Waals surface area contributed by atoms with Gasteiger partial charge in [0.15, 0.2) is 5.13 Å². The van der Waals surface area contributed by atoms with Gasteiger partial charge in [0, 0.05) is 38.5 Å². The highest BCUT2D eigenvalue weighted by Crippen LogP contribution is 2.42. The van der Waals surface area contributed by atoms with Crippen molar-refractivity contribution in [3.63, 3.8) is 0 Å². The molecule has 5 heteroatoms. The summed E-state index contributed by atoms with van der Waals surface area (Å²) in [6.07, 6.45) is 6.72. The van der Waals surface area contributed by atoms with Gasteiger partial charge in [-0.05, 0) is 66.1 Å². The first kappa shape index (κ1) is 24.6. The van der Waals surface area contributed by atoms with E-state index in [0.29, 0.717) is 0 Å². The van der Waals surface area contributed by atoms with Gasteiger partial charge in [-0.2, -0.15) is 0 Å². The van der Waals surface area contributed by atoms with Crippen LogP contribution in [0, 0.1) is 0 Å². The van der Waals surface area contributed by atoms with Gasteiger partial charge >= 0.3 is 0 Å². The first-order chi connectivity index (χ1) is 22.8. The molecular formula is C41H25N3OS. The SMILES string of the molecule is C1=Cc2c(n(-c3ccc4c5ccccc5n(-c5nc6c(ccc7oc8ccccc8c76)s5)c4c3)c3ccc4ccccc4c23)CC1. The van der Waals surface area contributed by atoms with Gasteiger partial charge in [-0.3, -0.25) is 4.57 Å². The molecule has 4 heterocycles. The number of fused-ring (bicyclic) bond motifs is 13. The van der Waals surface area contributed by atoms with Crippen LogP contribution in [0.2, 0.25) is 0 Å². The number of rotatable bonds is 2. The molecule has 4 nitrogen and oxygen atoms in total. The van der Waals surface area contributed by atoms with Crippen LogP contribution >= 0.6 is 11.3 Å². The Morgan fingerprint density at radius 1 is 0.630 bits per heavy atom. The Kier molecular flexibility index (Phi) is 4.80. The summed E-state index contributed by atoms with van der Waals surface area (Å²) in [6, 6.07) is 41.5. The monoisotopic (exact) mass is 607 g/mol. The van der Waals surface area contributed by atoms with E-state index in [2.05, 4.69) is 124 Å². The number of hydrogen-bond acceptors (Lipinski definition) is 3. The quantitative estimate of drug-likeness (QED) is 0.196. The molecule has 0 bridgehead atoms. The van der Waals surface area contributed by atoms with Crippen LogP contribution < -0.4 is 0 Å². The second-order valence-corrected chi connectivity index (χ2v) is 13.3. The molecule has 6 aromatic carbocycles. The van der Waals surface area contributed by atoms with Crippen molar-refractivity contribution in [1.82, 2.24) is 14.1 Å². The molecule has 1 aliphatic rings. The first-order valence-electron chi connectivity index (χ1n) is 15.8. The number of furan rings is 1. The Hall–Kier alpha value is -5.65. The minimum Gasteiger partial charge on any atom is -0.456 e. The summed E-state index contributed by atoms with van der Waals surface area (Å²) in [7, 11) is 0. The van der Waals surface area contributed by atoms with Crippen LogP contribution in [0.4, 0.5) is 0 Å². The zero-order valence-electron chi connectivity index (χ0n) is 24.7. The second-order valence-electron chi connectivity index (χ2n) is 12.3. The van der Waals surface area contributed by atoms with Crippen LogP contribution in [-0.2, 0) is 6.42 Å². The Balaban J connectivity index is 1.22. The number of hydrogen-bond donors (Lipinski definition) is 0. The summed E-state index contributed by atoms with van der Waals surface area (Å²) < 4.78 is 12.2. The summed E-state index contributed by atoms with van der Waals surface area (Å²) in [4.78, 5) is 5.36. The predicted octanol–water partition coefficient (Wildman–Crippen LogP) is 11.3. The third kappa shape index (κ3) is 3.20. The second kappa shape index (κ2) is 8.96. The highest BCUT2D eigenvalue weighted by Gasteiger charge is 2.23. The Morgan fingerprint density at radius 3 is 2.41 bits per heavy atom. The third-order valence-electron chi connectivity index (χ3n) is 9.82. The van der Waals surface area contributed by atoms with E-state index in [1.165, 1.54) is 49.4 Å². The molecule has 46 heavy (non-hydrogen) atoms. The smallest absolute Gasteiger partial charge is 0.195 e. The van der Waals surface area contributed by atoms with Gasteiger partial charge in [0.1, 0.15) is 11.2 Å². The zero-order chi connectivity index (χ0) is 29.9. The molecule has 4 aromatic heterocycles. The van der Waals surface area contributed by atoms with Gasteiger partial charge in [-0.25, -0.2) is 4.98 Å². The van der Waals surface area contributed by atoms with Gasteiger partial charge < -0.3 is 8.98 Å². The lowest BCUT2D eigenvalue weighted by Crippen LogP contribution is -2.03. The molecule has 1 aliphatic carbocycles. The van der Waals surface area contributed by atoms with Gasteiger partial charge in [-0.1, -0.05) is 96.3 Å². The van der Waals surface area contributed by atoms with Crippen molar-refractivity contribution in [2.24, 2.45) is 0 Å². The maximum atomic E-state index is 6.22. The molecule has 0 radical (unpaired) electrons. The summed E-state index contributed by atoms with van der Waals surface area (Å²) in [5.74, 6) is 0. The lowest BCUT2D eigenvalue weighted by molar-refractivity contribution is 0.669. The zero-order valence-corrected chi connectivity index (χ0v) is 25.5. The van der Waals surface area contributed by atoms with Crippen LogP contribution in [0.5, 0.6) is 0 Å². The van der Waals surface area contributed by atoms with Gasteiger partial charge in [0.05, 0.1) is 32.2 Å². The van der Waals surface area contributed by atoms with Crippen molar-refractivity contribution in [1.29, 1.82) is 0 Å². The third-order valence-corrected chi connectivity index (χ3v) is 10.8. The number of allylic oxidation sites excluding steroid dienone is 1. The lowest BCUT2D eigenvalue weighted by Gasteiger charge is -2.14. The minimum absolute atomic E-state index is 0.876. The molecule has 0 saturated heterocycles. The number of para-hydroxylation sites is 2. The van der Waals surface area contributed by atoms with Crippen molar-refractivity contribution in [2.75, 3.05) is 0 Å². The predicted molar refractivity (Wildman–Crippen MR) is 193 cm³/mol. The maximum absolute atomic E-state index is 6.22. The lowest BCUT2D eigenvalue weighted by atomic mass is 9.98. The van der Waals surface area contributed by atoms with E-state index in [9.17, 15) is 0 Å². The highest BCUT2D eigenvalue weighted by molar-refractivity contribution is 7.21.